The lowest BCUT2D eigenvalue weighted by molar-refractivity contribution is 0.312. The third-order valence-corrected chi connectivity index (χ3v) is 15.2. The Hall–Kier alpha value is -2.20. The molecule has 2 fully saturated rings. The minimum absolute atomic E-state index is 0.107. The molecule has 1 saturated heterocycles. The largest absolute Gasteiger partial charge is 0.301 e. The third-order valence-electron chi connectivity index (χ3n) is 10.9. The van der Waals surface area contributed by atoms with E-state index in [1.165, 1.54) is 22.3 Å². The first-order valence-electron chi connectivity index (χ1n) is 16.1. The van der Waals surface area contributed by atoms with Crippen molar-refractivity contribution < 1.29 is 0 Å². The Morgan fingerprint density at radius 2 is 1.22 bits per heavy atom. The summed E-state index contributed by atoms with van der Waals surface area (Å²) in [4.78, 5) is 0. The molecule has 1 heterocycles. The molecule has 1 saturated carbocycles. The number of nitrogens with zero attached hydrogens (tertiary/aromatic N) is 1. The van der Waals surface area contributed by atoms with Crippen molar-refractivity contribution in [1.82, 2.24) is 9.88 Å². The molecule has 1 aliphatic heterocycles. The highest BCUT2D eigenvalue weighted by Crippen LogP contribution is 2.59. The van der Waals surface area contributed by atoms with Crippen LogP contribution < -0.4 is 5.32 Å². The predicted molar refractivity (Wildman–Crippen MR) is 179 cm³/mol. The summed E-state index contributed by atoms with van der Waals surface area (Å²) in [7, 11) is -1.94. The second-order valence-electron chi connectivity index (χ2n) is 15.8. The smallest absolute Gasteiger partial charge is 0.129 e. The van der Waals surface area contributed by atoms with Gasteiger partial charge in [0.25, 0.3) is 0 Å². The van der Waals surface area contributed by atoms with E-state index in [2.05, 4.69) is 156 Å². The quantitative estimate of drug-likeness (QED) is 0.367. The number of hydrogen-bond donors (Lipinski definition) is 1. The van der Waals surface area contributed by atoms with Gasteiger partial charge in [0.15, 0.2) is 0 Å². The maximum Gasteiger partial charge on any atom is 0.129 e. The first kappa shape index (κ1) is 28.9. The third kappa shape index (κ3) is 4.86. The number of benzene rings is 1. The summed E-state index contributed by atoms with van der Waals surface area (Å²) in [5.41, 5.74) is 6.62. The summed E-state index contributed by atoms with van der Waals surface area (Å²) >= 11 is 0. The zero-order valence-corrected chi connectivity index (χ0v) is 27.9. The molecule has 1 aromatic rings. The van der Waals surface area contributed by atoms with E-state index in [0.29, 0.717) is 47.5 Å². The Morgan fingerprint density at radius 3 is 1.71 bits per heavy atom. The highest BCUT2D eigenvalue weighted by atomic mass is 28.3. The highest BCUT2D eigenvalue weighted by Gasteiger charge is 2.59. The van der Waals surface area contributed by atoms with Crippen LogP contribution in [0.2, 0.25) is 18.6 Å². The van der Waals surface area contributed by atoms with Gasteiger partial charge in [-0.25, -0.2) is 0 Å². The number of rotatable bonds is 4. The molecular formula is C38H52N2Si. The van der Waals surface area contributed by atoms with Gasteiger partial charge < -0.3 is 4.57 Å². The highest BCUT2D eigenvalue weighted by molar-refractivity contribution is 6.76. The lowest BCUT2D eigenvalue weighted by Crippen LogP contribution is -2.60. The Balaban J connectivity index is 1.39. The number of fused-ring (bicyclic) bond motifs is 4. The monoisotopic (exact) mass is 564 g/mol. The van der Waals surface area contributed by atoms with E-state index in [1.54, 1.807) is 0 Å². The maximum atomic E-state index is 4.21. The SMILES string of the molecule is CC[C@H]1NC2C(c3cc(C(C)(C)C)cc(C(C)(C)C)c3)=CC=C[C@H]2N1[Si](C)(C)C1C2C=CC=CC2C2C=CC=CC21. The summed E-state index contributed by atoms with van der Waals surface area (Å²) in [6.45, 7) is 21.8. The summed E-state index contributed by atoms with van der Waals surface area (Å²) in [5.74, 6) is 2.51. The van der Waals surface area contributed by atoms with Crippen LogP contribution in [-0.4, -0.2) is 31.1 Å². The van der Waals surface area contributed by atoms with E-state index < -0.39 is 8.24 Å². The molecule has 1 N–H and O–H groups in total. The first-order chi connectivity index (χ1) is 19.3. The molecular weight excluding hydrogens is 513 g/mol. The molecule has 0 amide bonds. The molecule has 0 bridgehead atoms. The minimum atomic E-state index is -1.94. The van der Waals surface area contributed by atoms with Gasteiger partial charge >= 0.3 is 0 Å². The molecule has 0 spiro atoms. The van der Waals surface area contributed by atoms with Crippen molar-refractivity contribution in [2.75, 3.05) is 0 Å². The summed E-state index contributed by atoms with van der Waals surface area (Å²) in [6, 6.07) is 8.12. The van der Waals surface area contributed by atoms with Crippen LogP contribution in [0.5, 0.6) is 0 Å². The molecule has 218 valence electrons. The molecule has 2 nitrogen and oxygen atoms in total. The molecule has 0 aromatic heterocycles. The average Bonchev–Trinajstić information content (AvgIpc) is 3.48. The van der Waals surface area contributed by atoms with Crippen LogP contribution in [0.4, 0.5) is 0 Å². The number of hydrogen-bond acceptors (Lipinski definition) is 2. The van der Waals surface area contributed by atoms with Crippen LogP contribution in [0.1, 0.15) is 71.6 Å². The Bertz CT molecular complexity index is 1290. The van der Waals surface area contributed by atoms with Gasteiger partial charge in [-0.1, -0.05) is 147 Å². The van der Waals surface area contributed by atoms with Crippen molar-refractivity contribution in [3.05, 3.63) is 102 Å². The molecule has 4 aliphatic carbocycles. The van der Waals surface area contributed by atoms with E-state index in [9.17, 15) is 0 Å². The Morgan fingerprint density at radius 1 is 0.707 bits per heavy atom. The van der Waals surface area contributed by atoms with Gasteiger partial charge in [0, 0.05) is 6.04 Å². The van der Waals surface area contributed by atoms with Crippen LogP contribution in [0, 0.1) is 23.7 Å². The maximum absolute atomic E-state index is 4.21. The fraction of sp³-hybridized carbons (Fsp3) is 0.526. The van der Waals surface area contributed by atoms with Gasteiger partial charge in [-0.3, -0.25) is 5.32 Å². The van der Waals surface area contributed by atoms with E-state index in [-0.39, 0.29) is 10.8 Å². The van der Waals surface area contributed by atoms with Crippen LogP contribution in [0.25, 0.3) is 5.57 Å². The van der Waals surface area contributed by atoms with E-state index in [0.717, 1.165) is 6.42 Å². The molecule has 3 heteroatoms. The summed E-state index contributed by atoms with van der Waals surface area (Å²) < 4.78 is 3.02. The van der Waals surface area contributed by atoms with Gasteiger partial charge in [-0.2, -0.15) is 0 Å². The zero-order chi connectivity index (χ0) is 29.3. The van der Waals surface area contributed by atoms with Crippen molar-refractivity contribution in [3.63, 3.8) is 0 Å². The Labute approximate surface area is 251 Å². The molecule has 5 aliphatic rings. The topological polar surface area (TPSA) is 15.3 Å². The zero-order valence-electron chi connectivity index (χ0n) is 26.9. The van der Waals surface area contributed by atoms with Gasteiger partial charge in [0.05, 0.1) is 12.2 Å². The predicted octanol–water partition coefficient (Wildman–Crippen LogP) is 8.92. The van der Waals surface area contributed by atoms with Crippen molar-refractivity contribution >= 4 is 13.8 Å². The molecule has 5 unspecified atom stereocenters. The van der Waals surface area contributed by atoms with E-state index in [4.69, 9.17) is 0 Å². The molecule has 1 aromatic carbocycles. The van der Waals surface area contributed by atoms with Crippen molar-refractivity contribution in [3.8, 4) is 0 Å². The summed E-state index contributed by atoms with van der Waals surface area (Å²) in [5, 5.41) is 4.21. The molecule has 6 rings (SSSR count). The van der Waals surface area contributed by atoms with Gasteiger partial charge in [0.2, 0.25) is 0 Å². The van der Waals surface area contributed by atoms with Crippen LogP contribution in [-0.2, 0) is 10.8 Å². The normalized spacial score (nSPS) is 34.5. The second-order valence-corrected chi connectivity index (χ2v) is 20.3. The molecule has 41 heavy (non-hydrogen) atoms. The van der Waals surface area contributed by atoms with Crippen LogP contribution >= 0.6 is 0 Å². The minimum Gasteiger partial charge on any atom is -0.301 e. The molecule has 0 radical (unpaired) electrons. The fourth-order valence-electron chi connectivity index (χ4n) is 8.79. The lowest BCUT2D eigenvalue weighted by atomic mass is 9.77. The van der Waals surface area contributed by atoms with Crippen LogP contribution in [0.3, 0.4) is 0 Å². The van der Waals surface area contributed by atoms with Gasteiger partial charge in [-0.05, 0) is 68.7 Å². The van der Waals surface area contributed by atoms with Gasteiger partial charge in [0.1, 0.15) is 8.24 Å². The van der Waals surface area contributed by atoms with Gasteiger partial charge in [-0.15, -0.1) is 0 Å². The molecule has 7 atom stereocenters. The number of nitrogens with one attached hydrogen (secondary N) is 1. The van der Waals surface area contributed by atoms with E-state index in [1.807, 2.05) is 0 Å². The summed E-state index contributed by atoms with van der Waals surface area (Å²) in [6.07, 6.45) is 28.2. The van der Waals surface area contributed by atoms with Crippen molar-refractivity contribution in [1.29, 1.82) is 0 Å². The van der Waals surface area contributed by atoms with Crippen LogP contribution in [0.15, 0.2) is 85.0 Å². The standard InChI is InChI=1S/C38H52N2Si/c1-10-34-39-35-28(25-22-26(37(2,3)4)24-27(23-25)38(5,6)7)20-15-21-33(35)40(34)41(8,9)36-31-18-13-11-16-29(31)30-17-12-14-19-32(30)36/h11-24,29-36,39H,10H2,1-9H3/t29?,30?,31?,32?,33-,34+,35?,36?/m1/s1. The first-order valence-corrected chi connectivity index (χ1v) is 19.1. The number of allylic oxidation sites excluding steroid dienone is 10. The lowest BCUT2D eigenvalue weighted by Gasteiger charge is -2.48. The fourth-order valence-corrected chi connectivity index (χ4v) is 13.7. The Kier molecular flexibility index (Phi) is 7.20. The average molecular weight is 565 g/mol. The second kappa shape index (κ2) is 10.2. The van der Waals surface area contributed by atoms with Crippen molar-refractivity contribution in [2.45, 2.75) is 103 Å². The van der Waals surface area contributed by atoms with Crippen molar-refractivity contribution in [2.24, 2.45) is 23.7 Å². The van der Waals surface area contributed by atoms with E-state index >= 15 is 0 Å².